The van der Waals surface area contributed by atoms with Crippen molar-refractivity contribution in [2.75, 3.05) is 11.4 Å². The Kier molecular flexibility index (Phi) is 2.84. The SMILES string of the molecule is C#CC1CC(=O)N(c2cc(Cl)cnc2C)C1. The van der Waals surface area contributed by atoms with Gasteiger partial charge in [-0.1, -0.05) is 11.6 Å². The van der Waals surface area contributed by atoms with Crippen LogP contribution in [0.3, 0.4) is 0 Å². The second kappa shape index (κ2) is 4.15. The third kappa shape index (κ3) is 1.89. The molecule has 16 heavy (non-hydrogen) atoms. The fraction of sp³-hybridized carbons (Fsp3) is 0.333. The van der Waals surface area contributed by atoms with Gasteiger partial charge < -0.3 is 4.90 Å². The highest BCUT2D eigenvalue weighted by Crippen LogP contribution is 2.28. The van der Waals surface area contributed by atoms with Gasteiger partial charge in [0.1, 0.15) is 0 Å². The number of nitrogens with zero attached hydrogens (tertiary/aromatic N) is 2. The zero-order chi connectivity index (χ0) is 11.7. The lowest BCUT2D eigenvalue weighted by Gasteiger charge is -2.17. The summed E-state index contributed by atoms with van der Waals surface area (Å²) in [5.74, 6) is 2.64. The number of halogens is 1. The predicted molar refractivity (Wildman–Crippen MR) is 63.3 cm³/mol. The Balaban J connectivity index is 2.35. The van der Waals surface area contributed by atoms with Crippen molar-refractivity contribution in [1.82, 2.24) is 4.98 Å². The number of aryl methyl sites for hydroxylation is 1. The van der Waals surface area contributed by atoms with Crippen LogP contribution in [0.4, 0.5) is 5.69 Å². The monoisotopic (exact) mass is 234 g/mol. The number of carbonyl (C=O) groups is 1. The van der Waals surface area contributed by atoms with Crippen LogP contribution in [0.25, 0.3) is 0 Å². The van der Waals surface area contributed by atoms with Crippen LogP contribution in [0.5, 0.6) is 0 Å². The maximum atomic E-state index is 11.8. The van der Waals surface area contributed by atoms with E-state index in [-0.39, 0.29) is 11.8 Å². The summed E-state index contributed by atoms with van der Waals surface area (Å²) in [4.78, 5) is 17.6. The summed E-state index contributed by atoms with van der Waals surface area (Å²) in [7, 11) is 0. The molecule has 0 spiro atoms. The number of amides is 1. The van der Waals surface area contributed by atoms with Gasteiger partial charge in [-0.05, 0) is 13.0 Å². The molecule has 1 fully saturated rings. The Morgan fingerprint density at radius 1 is 1.69 bits per heavy atom. The minimum Gasteiger partial charge on any atom is -0.309 e. The molecule has 1 unspecified atom stereocenters. The summed E-state index contributed by atoms with van der Waals surface area (Å²) in [6.45, 7) is 2.40. The molecule has 82 valence electrons. The normalized spacial score (nSPS) is 19.9. The molecule has 1 aliphatic heterocycles. The predicted octanol–water partition coefficient (Wildman–Crippen LogP) is 2.03. The largest absolute Gasteiger partial charge is 0.309 e. The van der Waals surface area contributed by atoms with E-state index in [0.717, 1.165) is 11.4 Å². The van der Waals surface area contributed by atoms with Crippen molar-refractivity contribution in [1.29, 1.82) is 0 Å². The number of terminal acetylenes is 1. The van der Waals surface area contributed by atoms with Crippen molar-refractivity contribution < 1.29 is 4.79 Å². The van der Waals surface area contributed by atoms with Crippen LogP contribution in [0.1, 0.15) is 12.1 Å². The second-order valence-corrected chi connectivity index (χ2v) is 4.27. The Morgan fingerprint density at radius 2 is 2.44 bits per heavy atom. The number of anilines is 1. The van der Waals surface area contributed by atoms with E-state index in [1.807, 2.05) is 6.92 Å². The molecule has 0 bridgehead atoms. The van der Waals surface area contributed by atoms with Crippen LogP contribution in [0.15, 0.2) is 12.3 Å². The molecule has 1 saturated heterocycles. The van der Waals surface area contributed by atoms with Gasteiger partial charge in [0.2, 0.25) is 5.91 Å². The Labute approximate surface area is 99.4 Å². The lowest BCUT2D eigenvalue weighted by molar-refractivity contribution is -0.117. The van der Waals surface area contributed by atoms with E-state index in [1.54, 1.807) is 17.2 Å². The minimum atomic E-state index is -0.00844. The van der Waals surface area contributed by atoms with Gasteiger partial charge in [-0.2, -0.15) is 0 Å². The molecule has 0 saturated carbocycles. The summed E-state index contributed by atoms with van der Waals surface area (Å²) in [5, 5.41) is 0.526. The van der Waals surface area contributed by atoms with Crippen molar-refractivity contribution in [3.8, 4) is 12.3 Å². The standard InChI is InChI=1S/C12H11ClN2O/c1-3-9-4-12(16)15(7-9)11-5-10(13)6-14-8(11)2/h1,5-6,9H,4,7H2,2H3. The molecule has 1 aromatic rings. The maximum Gasteiger partial charge on any atom is 0.228 e. The van der Waals surface area contributed by atoms with Crippen molar-refractivity contribution in [2.45, 2.75) is 13.3 Å². The summed E-state index contributed by atoms with van der Waals surface area (Å²) in [5.41, 5.74) is 1.55. The van der Waals surface area contributed by atoms with Crippen molar-refractivity contribution in [3.05, 3.63) is 23.0 Å². The Hall–Kier alpha value is -1.53. The molecule has 2 heterocycles. The van der Waals surface area contributed by atoms with Crippen LogP contribution < -0.4 is 4.90 Å². The Morgan fingerprint density at radius 3 is 3.06 bits per heavy atom. The van der Waals surface area contributed by atoms with Crippen molar-refractivity contribution >= 4 is 23.2 Å². The Bertz CT molecular complexity index is 478. The second-order valence-electron chi connectivity index (χ2n) is 3.83. The van der Waals surface area contributed by atoms with Crippen molar-refractivity contribution in [2.24, 2.45) is 5.92 Å². The van der Waals surface area contributed by atoms with Gasteiger partial charge in [-0.15, -0.1) is 12.3 Å². The fourth-order valence-corrected chi connectivity index (χ4v) is 1.97. The van der Waals surface area contributed by atoms with E-state index in [2.05, 4.69) is 10.9 Å². The maximum absolute atomic E-state index is 11.8. The number of aromatic nitrogens is 1. The molecule has 1 aromatic heterocycles. The molecule has 0 aromatic carbocycles. The third-order valence-electron chi connectivity index (χ3n) is 2.68. The van der Waals surface area contributed by atoms with Gasteiger partial charge in [0.15, 0.2) is 0 Å². The molecule has 0 radical (unpaired) electrons. The zero-order valence-electron chi connectivity index (χ0n) is 8.90. The average molecular weight is 235 g/mol. The topological polar surface area (TPSA) is 33.2 Å². The highest BCUT2D eigenvalue weighted by Gasteiger charge is 2.30. The zero-order valence-corrected chi connectivity index (χ0v) is 9.66. The number of carbonyl (C=O) groups excluding carboxylic acids is 1. The smallest absolute Gasteiger partial charge is 0.228 e. The van der Waals surface area contributed by atoms with Gasteiger partial charge in [0.25, 0.3) is 0 Å². The van der Waals surface area contributed by atoms with E-state index in [9.17, 15) is 4.79 Å². The van der Waals surface area contributed by atoms with E-state index in [1.165, 1.54) is 0 Å². The van der Waals surface area contributed by atoms with E-state index >= 15 is 0 Å². The van der Waals surface area contributed by atoms with E-state index in [4.69, 9.17) is 18.0 Å². The van der Waals surface area contributed by atoms with Gasteiger partial charge in [0, 0.05) is 25.1 Å². The highest BCUT2D eigenvalue weighted by atomic mass is 35.5. The summed E-state index contributed by atoms with van der Waals surface area (Å²) >= 11 is 5.87. The summed E-state index contributed by atoms with van der Waals surface area (Å²) < 4.78 is 0. The van der Waals surface area contributed by atoms with Crippen LogP contribution in [0.2, 0.25) is 5.02 Å². The summed E-state index contributed by atoms with van der Waals surface area (Å²) in [6.07, 6.45) is 7.31. The van der Waals surface area contributed by atoms with Gasteiger partial charge in [-0.3, -0.25) is 9.78 Å². The minimum absolute atomic E-state index is 0.00844. The van der Waals surface area contributed by atoms with Crippen LogP contribution in [-0.4, -0.2) is 17.4 Å². The van der Waals surface area contributed by atoms with Crippen LogP contribution in [0, 0.1) is 25.2 Å². The molecule has 1 amide bonds. The first-order chi connectivity index (χ1) is 7.61. The van der Waals surface area contributed by atoms with E-state index < -0.39 is 0 Å². The van der Waals surface area contributed by atoms with E-state index in [0.29, 0.717) is 18.0 Å². The molecular weight excluding hydrogens is 224 g/mol. The van der Waals surface area contributed by atoms with Crippen LogP contribution >= 0.6 is 11.6 Å². The first-order valence-electron chi connectivity index (χ1n) is 5.00. The van der Waals surface area contributed by atoms with Crippen LogP contribution in [-0.2, 0) is 4.79 Å². The number of rotatable bonds is 1. The first kappa shape index (κ1) is 11.0. The van der Waals surface area contributed by atoms with Gasteiger partial charge in [0.05, 0.1) is 16.4 Å². The quantitative estimate of drug-likeness (QED) is 0.697. The van der Waals surface area contributed by atoms with Gasteiger partial charge in [-0.25, -0.2) is 0 Å². The highest BCUT2D eigenvalue weighted by molar-refractivity contribution is 6.30. The lowest BCUT2D eigenvalue weighted by atomic mass is 10.1. The molecular formula is C12H11ClN2O. The van der Waals surface area contributed by atoms with Crippen molar-refractivity contribution in [3.63, 3.8) is 0 Å². The molecule has 1 atom stereocenters. The fourth-order valence-electron chi connectivity index (χ4n) is 1.82. The number of hydrogen-bond acceptors (Lipinski definition) is 2. The number of hydrogen-bond donors (Lipinski definition) is 0. The molecule has 2 rings (SSSR count). The molecule has 3 nitrogen and oxygen atoms in total. The summed E-state index contributed by atoms with van der Waals surface area (Å²) in [6, 6.07) is 1.75. The molecule has 0 aliphatic carbocycles. The first-order valence-corrected chi connectivity index (χ1v) is 5.38. The third-order valence-corrected chi connectivity index (χ3v) is 2.89. The molecule has 1 aliphatic rings. The molecule has 0 N–H and O–H groups in total. The average Bonchev–Trinajstić information content (AvgIpc) is 2.63. The molecule has 4 heteroatoms. The number of pyridine rings is 1. The van der Waals surface area contributed by atoms with Gasteiger partial charge >= 0.3 is 0 Å². The lowest BCUT2D eigenvalue weighted by Crippen LogP contribution is -2.25.